The van der Waals surface area contributed by atoms with Crippen LogP contribution < -0.4 is 10.6 Å². The minimum atomic E-state index is -0.873. The van der Waals surface area contributed by atoms with Gasteiger partial charge in [0.25, 0.3) is 0 Å². The SMILES string of the molecule is COC(=O)[C@H](CS)NC(=O)[C@@H](NC(=O)OC(C)(C)C)C(C)C. The maximum absolute atomic E-state index is 12.3. The van der Waals surface area contributed by atoms with Crippen LogP contribution in [0.1, 0.15) is 34.6 Å². The second-order valence-corrected chi connectivity index (χ2v) is 6.50. The zero-order valence-electron chi connectivity index (χ0n) is 13.9. The molecular weight excluding hydrogens is 308 g/mol. The molecule has 0 spiro atoms. The molecule has 0 unspecified atom stereocenters. The number of alkyl carbamates (subject to hydrolysis) is 1. The summed E-state index contributed by atoms with van der Waals surface area (Å²) in [5, 5.41) is 5.02. The number of thiol groups is 1. The van der Waals surface area contributed by atoms with Crippen molar-refractivity contribution in [3.63, 3.8) is 0 Å². The third kappa shape index (κ3) is 7.53. The quantitative estimate of drug-likeness (QED) is 0.500. The van der Waals surface area contributed by atoms with Crippen LogP contribution in [-0.2, 0) is 19.1 Å². The molecular formula is C14H26N2O5S. The van der Waals surface area contributed by atoms with Crippen LogP contribution in [0.5, 0.6) is 0 Å². The summed E-state index contributed by atoms with van der Waals surface area (Å²) < 4.78 is 9.71. The van der Waals surface area contributed by atoms with Gasteiger partial charge in [-0.1, -0.05) is 13.8 Å². The van der Waals surface area contributed by atoms with Gasteiger partial charge < -0.3 is 20.1 Å². The highest BCUT2D eigenvalue weighted by Crippen LogP contribution is 2.09. The fourth-order valence-electron chi connectivity index (χ4n) is 1.55. The molecule has 0 radical (unpaired) electrons. The van der Waals surface area contributed by atoms with Gasteiger partial charge in [0.15, 0.2) is 0 Å². The number of carbonyl (C=O) groups is 3. The predicted octanol–water partition coefficient (Wildman–Crippen LogP) is 1.12. The van der Waals surface area contributed by atoms with E-state index in [0.29, 0.717) is 0 Å². The number of hydrogen-bond donors (Lipinski definition) is 3. The van der Waals surface area contributed by atoms with Gasteiger partial charge in [-0.3, -0.25) is 4.79 Å². The highest BCUT2D eigenvalue weighted by molar-refractivity contribution is 7.80. The van der Waals surface area contributed by atoms with Crippen molar-refractivity contribution in [3.8, 4) is 0 Å². The topological polar surface area (TPSA) is 93.7 Å². The molecule has 2 N–H and O–H groups in total. The maximum atomic E-state index is 12.3. The van der Waals surface area contributed by atoms with E-state index in [1.807, 2.05) is 0 Å². The highest BCUT2D eigenvalue weighted by Gasteiger charge is 2.30. The molecule has 0 aromatic rings. The van der Waals surface area contributed by atoms with Crippen LogP contribution in [0.2, 0.25) is 0 Å². The van der Waals surface area contributed by atoms with E-state index in [1.165, 1.54) is 7.11 Å². The Bertz CT molecular complexity index is 407. The van der Waals surface area contributed by atoms with E-state index in [1.54, 1.807) is 34.6 Å². The van der Waals surface area contributed by atoms with Crippen molar-refractivity contribution in [2.45, 2.75) is 52.3 Å². The van der Waals surface area contributed by atoms with Crippen molar-refractivity contribution >= 4 is 30.6 Å². The van der Waals surface area contributed by atoms with Gasteiger partial charge in [0.1, 0.15) is 17.7 Å². The molecule has 0 aliphatic rings. The van der Waals surface area contributed by atoms with Crippen molar-refractivity contribution in [1.29, 1.82) is 0 Å². The largest absolute Gasteiger partial charge is 0.467 e. The number of hydrogen-bond acceptors (Lipinski definition) is 6. The summed E-state index contributed by atoms with van der Waals surface area (Å²) in [6.45, 7) is 8.73. The van der Waals surface area contributed by atoms with E-state index in [0.717, 1.165) is 0 Å². The van der Waals surface area contributed by atoms with Crippen LogP contribution in [0.3, 0.4) is 0 Å². The number of carbonyl (C=O) groups excluding carboxylic acids is 3. The first-order valence-electron chi connectivity index (χ1n) is 7.00. The van der Waals surface area contributed by atoms with E-state index in [2.05, 4.69) is 28.0 Å². The Balaban J connectivity index is 4.84. The Kier molecular flexibility index (Phi) is 8.29. The minimum absolute atomic E-state index is 0.0929. The van der Waals surface area contributed by atoms with Crippen molar-refractivity contribution in [2.75, 3.05) is 12.9 Å². The summed E-state index contributed by atoms with van der Waals surface area (Å²) in [4.78, 5) is 35.5. The molecule has 0 aromatic heterocycles. The zero-order valence-corrected chi connectivity index (χ0v) is 14.8. The van der Waals surface area contributed by atoms with Crippen LogP contribution in [-0.4, -0.2) is 48.5 Å². The molecule has 0 bridgehead atoms. The lowest BCUT2D eigenvalue weighted by Crippen LogP contribution is -2.55. The first-order valence-corrected chi connectivity index (χ1v) is 7.63. The van der Waals surface area contributed by atoms with E-state index in [4.69, 9.17) is 4.74 Å². The second kappa shape index (κ2) is 8.87. The average molecular weight is 334 g/mol. The lowest BCUT2D eigenvalue weighted by molar-refractivity contribution is -0.144. The van der Waals surface area contributed by atoms with E-state index in [-0.39, 0.29) is 11.7 Å². The first-order chi connectivity index (χ1) is 10.0. The number of ether oxygens (including phenoxy) is 2. The van der Waals surface area contributed by atoms with Crippen molar-refractivity contribution < 1.29 is 23.9 Å². The van der Waals surface area contributed by atoms with Gasteiger partial charge in [0, 0.05) is 5.75 Å². The Hall–Kier alpha value is -1.44. The van der Waals surface area contributed by atoms with E-state index < -0.39 is 35.7 Å². The molecule has 0 aliphatic carbocycles. The predicted molar refractivity (Wildman–Crippen MR) is 85.8 cm³/mol. The number of amides is 2. The third-order valence-corrected chi connectivity index (χ3v) is 2.97. The standard InChI is InChI=1S/C14H26N2O5S/c1-8(2)10(16-13(19)21-14(3,4)5)11(17)15-9(7-22)12(18)20-6/h8-10,22H,7H2,1-6H3,(H,15,17)(H,16,19)/t9-,10-/m0/s1. The molecule has 2 amide bonds. The summed E-state index contributed by atoms with van der Waals surface area (Å²) >= 11 is 4.00. The van der Waals surface area contributed by atoms with Crippen LogP contribution in [0.4, 0.5) is 4.79 Å². The molecule has 0 fully saturated rings. The summed E-state index contributed by atoms with van der Waals surface area (Å²) in [6.07, 6.45) is -0.693. The molecule has 8 heteroatoms. The van der Waals surface area contributed by atoms with Gasteiger partial charge in [0.2, 0.25) is 5.91 Å². The Morgan fingerprint density at radius 1 is 1.14 bits per heavy atom. The monoisotopic (exact) mass is 334 g/mol. The molecule has 0 saturated carbocycles. The van der Waals surface area contributed by atoms with Crippen LogP contribution in [0, 0.1) is 5.92 Å². The van der Waals surface area contributed by atoms with Gasteiger partial charge in [-0.2, -0.15) is 12.6 Å². The Morgan fingerprint density at radius 2 is 1.68 bits per heavy atom. The Labute approximate surface area is 136 Å². The van der Waals surface area contributed by atoms with Crippen molar-refractivity contribution in [1.82, 2.24) is 10.6 Å². The highest BCUT2D eigenvalue weighted by atomic mass is 32.1. The van der Waals surface area contributed by atoms with Crippen molar-refractivity contribution in [3.05, 3.63) is 0 Å². The van der Waals surface area contributed by atoms with Gasteiger partial charge in [-0.15, -0.1) is 0 Å². The molecule has 0 aromatic carbocycles. The van der Waals surface area contributed by atoms with E-state index in [9.17, 15) is 14.4 Å². The third-order valence-electron chi connectivity index (χ3n) is 2.61. The molecule has 0 rings (SSSR count). The summed E-state index contributed by atoms with van der Waals surface area (Å²) in [5.41, 5.74) is -0.665. The van der Waals surface area contributed by atoms with Crippen molar-refractivity contribution in [2.24, 2.45) is 5.92 Å². The van der Waals surface area contributed by atoms with Crippen LogP contribution in [0.25, 0.3) is 0 Å². The van der Waals surface area contributed by atoms with E-state index >= 15 is 0 Å². The molecule has 22 heavy (non-hydrogen) atoms. The molecule has 0 saturated heterocycles. The normalized spacial score (nSPS) is 14.0. The Morgan fingerprint density at radius 3 is 2.05 bits per heavy atom. The molecule has 128 valence electrons. The number of nitrogens with one attached hydrogen (secondary N) is 2. The van der Waals surface area contributed by atoms with Crippen LogP contribution in [0.15, 0.2) is 0 Å². The zero-order chi connectivity index (χ0) is 17.5. The van der Waals surface area contributed by atoms with Gasteiger partial charge in [-0.25, -0.2) is 9.59 Å². The molecule has 0 aliphatic heterocycles. The maximum Gasteiger partial charge on any atom is 0.408 e. The van der Waals surface area contributed by atoms with Gasteiger partial charge in [-0.05, 0) is 26.7 Å². The van der Waals surface area contributed by atoms with Crippen LogP contribution >= 0.6 is 12.6 Å². The van der Waals surface area contributed by atoms with Gasteiger partial charge >= 0.3 is 12.1 Å². The average Bonchev–Trinajstić information content (AvgIpc) is 2.38. The number of methoxy groups -OCH3 is 1. The lowest BCUT2D eigenvalue weighted by atomic mass is 10.0. The summed E-state index contributed by atoms with van der Waals surface area (Å²) in [6, 6.07) is -1.70. The fraction of sp³-hybridized carbons (Fsp3) is 0.786. The first kappa shape index (κ1) is 20.6. The minimum Gasteiger partial charge on any atom is -0.467 e. The molecule has 7 nitrogen and oxygen atoms in total. The molecule has 0 heterocycles. The van der Waals surface area contributed by atoms with Gasteiger partial charge in [0.05, 0.1) is 7.11 Å². The fourth-order valence-corrected chi connectivity index (χ4v) is 1.79. The smallest absolute Gasteiger partial charge is 0.408 e. The molecule has 2 atom stereocenters. The summed E-state index contributed by atoms with van der Waals surface area (Å²) in [5.74, 6) is -1.19. The number of esters is 1. The number of rotatable bonds is 6. The lowest BCUT2D eigenvalue weighted by Gasteiger charge is -2.26. The second-order valence-electron chi connectivity index (χ2n) is 6.13. The summed E-state index contributed by atoms with van der Waals surface area (Å²) in [7, 11) is 1.23.